The Labute approximate surface area is 163 Å². The Kier molecular flexibility index (Phi) is 6.31. The van der Waals surface area contributed by atoms with E-state index in [9.17, 15) is 4.39 Å². The Hall–Kier alpha value is -1.17. The number of halogens is 2. The number of nitrogens with one attached hydrogen (secondary N) is 1. The van der Waals surface area contributed by atoms with Crippen LogP contribution in [0.3, 0.4) is 0 Å². The van der Waals surface area contributed by atoms with Gasteiger partial charge in [-0.15, -0.1) is 11.3 Å². The molecule has 1 fully saturated rings. The number of benzene rings is 1. The SMILES string of the molecule is C[C@H](c1cccs1)N(C(=S)Nc1ccc(F)c(Cl)c1)C1CCCCC1. The largest absolute Gasteiger partial charge is 0.338 e. The molecule has 0 bridgehead atoms. The highest BCUT2D eigenvalue weighted by atomic mass is 35.5. The van der Waals surface area contributed by atoms with Gasteiger partial charge in [0.15, 0.2) is 5.11 Å². The highest BCUT2D eigenvalue weighted by molar-refractivity contribution is 7.80. The second kappa shape index (κ2) is 8.47. The van der Waals surface area contributed by atoms with Gasteiger partial charge in [0.05, 0.1) is 11.1 Å². The number of thiocarbonyl (C=S) groups is 1. The van der Waals surface area contributed by atoms with E-state index < -0.39 is 5.82 Å². The molecule has 1 heterocycles. The maximum Gasteiger partial charge on any atom is 0.174 e. The normalized spacial score (nSPS) is 16.4. The quantitative estimate of drug-likeness (QED) is 0.583. The molecule has 134 valence electrons. The third-order valence-corrected chi connectivity index (χ3v) is 6.39. The molecule has 1 saturated carbocycles. The first-order valence-electron chi connectivity index (χ1n) is 8.64. The molecule has 0 spiro atoms. The van der Waals surface area contributed by atoms with Crippen molar-refractivity contribution in [1.29, 1.82) is 0 Å². The summed E-state index contributed by atoms with van der Waals surface area (Å²) in [7, 11) is 0. The summed E-state index contributed by atoms with van der Waals surface area (Å²) in [6.45, 7) is 2.20. The number of hydrogen-bond donors (Lipinski definition) is 1. The molecule has 0 radical (unpaired) electrons. The fourth-order valence-corrected chi connectivity index (χ4v) is 4.83. The fourth-order valence-electron chi connectivity index (χ4n) is 3.45. The van der Waals surface area contributed by atoms with Crippen LogP contribution in [0.5, 0.6) is 0 Å². The highest BCUT2D eigenvalue weighted by Gasteiger charge is 2.28. The van der Waals surface area contributed by atoms with E-state index in [1.807, 2.05) is 0 Å². The summed E-state index contributed by atoms with van der Waals surface area (Å²) < 4.78 is 13.4. The van der Waals surface area contributed by atoms with Crippen molar-refractivity contribution in [2.24, 2.45) is 0 Å². The van der Waals surface area contributed by atoms with E-state index >= 15 is 0 Å². The Morgan fingerprint density at radius 2 is 2.08 bits per heavy atom. The van der Waals surface area contributed by atoms with Gasteiger partial charge in [0.25, 0.3) is 0 Å². The average molecular weight is 397 g/mol. The van der Waals surface area contributed by atoms with Gasteiger partial charge < -0.3 is 10.2 Å². The molecule has 1 aliphatic carbocycles. The first-order chi connectivity index (χ1) is 12.1. The van der Waals surface area contributed by atoms with Crippen molar-refractivity contribution in [3.05, 3.63) is 51.4 Å². The number of rotatable bonds is 4. The first kappa shape index (κ1) is 18.6. The minimum absolute atomic E-state index is 0.100. The Morgan fingerprint density at radius 1 is 1.32 bits per heavy atom. The van der Waals surface area contributed by atoms with E-state index in [0.717, 1.165) is 18.5 Å². The van der Waals surface area contributed by atoms with Crippen molar-refractivity contribution in [2.45, 2.75) is 51.1 Å². The number of hydrogen-bond acceptors (Lipinski definition) is 2. The summed E-state index contributed by atoms with van der Waals surface area (Å²) in [4.78, 5) is 3.62. The van der Waals surface area contributed by atoms with Gasteiger partial charge in [0.1, 0.15) is 5.82 Å². The van der Waals surface area contributed by atoms with Crippen LogP contribution in [0, 0.1) is 5.82 Å². The predicted molar refractivity (Wildman–Crippen MR) is 109 cm³/mol. The zero-order valence-electron chi connectivity index (χ0n) is 14.2. The molecule has 1 aromatic heterocycles. The first-order valence-corrected chi connectivity index (χ1v) is 10.3. The molecule has 1 N–H and O–H groups in total. The summed E-state index contributed by atoms with van der Waals surface area (Å²) in [5, 5.41) is 6.14. The van der Waals surface area contributed by atoms with Gasteiger partial charge in [0, 0.05) is 16.6 Å². The number of nitrogens with zero attached hydrogens (tertiary/aromatic N) is 1. The predicted octanol–water partition coefficient (Wildman–Crippen LogP) is 6.63. The Balaban J connectivity index is 1.82. The minimum atomic E-state index is -0.422. The molecule has 0 saturated heterocycles. The number of anilines is 1. The fraction of sp³-hybridized carbons (Fsp3) is 0.421. The number of thiophene rings is 1. The molecule has 2 nitrogen and oxygen atoms in total. The zero-order chi connectivity index (χ0) is 17.8. The summed E-state index contributed by atoms with van der Waals surface area (Å²) in [5.41, 5.74) is 0.718. The molecule has 1 atom stereocenters. The lowest BCUT2D eigenvalue weighted by Gasteiger charge is -2.40. The van der Waals surface area contributed by atoms with E-state index in [1.54, 1.807) is 23.5 Å². The van der Waals surface area contributed by atoms with E-state index in [2.05, 4.69) is 34.7 Å². The summed E-state index contributed by atoms with van der Waals surface area (Å²) in [6.07, 6.45) is 6.08. The molecule has 0 amide bonds. The van der Waals surface area contributed by atoms with Crippen LogP contribution in [0.15, 0.2) is 35.7 Å². The van der Waals surface area contributed by atoms with Gasteiger partial charge in [-0.05, 0) is 61.6 Å². The van der Waals surface area contributed by atoms with Gasteiger partial charge in [-0.25, -0.2) is 4.39 Å². The molecule has 0 aliphatic heterocycles. The lowest BCUT2D eigenvalue weighted by molar-refractivity contribution is 0.205. The van der Waals surface area contributed by atoms with Gasteiger partial charge in [-0.3, -0.25) is 0 Å². The van der Waals surface area contributed by atoms with Crippen molar-refractivity contribution >= 4 is 46.0 Å². The molecule has 3 rings (SSSR count). The van der Waals surface area contributed by atoms with Crippen LogP contribution < -0.4 is 5.32 Å². The van der Waals surface area contributed by atoms with Crippen molar-refractivity contribution in [3.8, 4) is 0 Å². The van der Waals surface area contributed by atoms with Gasteiger partial charge in [-0.1, -0.05) is 36.9 Å². The molecule has 0 unspecified atom stereocenters. The zero-order valence-corrected chi connectivity index (χ0v) is 16.6. The summed E-state index contributed by atoms with van der Waals surface area (Å²) >= 11 is 13.4. The third-order valence-electron chi connectivity index (χ3n) is 4.75. The molecular weight excluding hydrogens is 375 g/mol. The molecular formula is C19H22ClFN2S2. The van der Waals surface area contributed by atoms with Crippen LogP contribution in [0.4, 0.5) is 10.1 Å². The van der Waals surface area contributed by atoms with Crippen molar-refractivity contribution in [2.75, 3.05) is 5.32 Å². The second-order valence-corrected chi connectivity index (χ2v) is 8.22. The van der Waals surface area contributed by atoms with E-state index in [1.165, 1.54) is 30.2 Å². The van der Waals surface area contributed by atoms with Crippen LogP contribution in [-0.4, -0.2) is 16.1 Å². The van der Waals surface area contributed by atoms with Crippen LogP contribution in [-0.2, 0) is 0 Å². The topological polar surface area (TPSA) is 15.3 Å². The van der Waals surface area contributed by atoms with E-state index in [-0.39, 0.29) is 11.1 Å². The van der Waals surface area contributed by atoms with Gasteiger partial charge in [-0.2, -0.15) is 0 Å². The van der Waals surface area contributed by atoms with Crippen LogP contribution in [0.2, 0.25) is 5.02 Å². The lowest BCUT2D eigenvalue weighted by Crippen LogP contribution is -2.45. The van der Waals surface area contributed by atoms with Crippen LogP contribution in [0.1, 0.15) is 49.9 Å². The van der Waals surface area contributed by atoms with Crippen LogP contribution in [0.25, 0.3) is 0 Å². The monoisotopic (exact) mass is 396 g/mol. The van der Waals surface area contributed by atoms with E-state index in [0.29, 0.717) is 11.2 Å². The minimum Gasteiger partial charge on any atom is -0.338 e. The maximum absolute atomic E-state index is 13.4. The third kappa shape index (κ3) is 4.52. The Bertz CT molecular complexity index is 714. The molecule has 1 aliphatic rings. The van der Waals surface area contributed by atoms with Crippen molar-refractivity contribution in [3.63, 3.8) is 0 Å². The lowest BCUT2D eigenvalue weighted by atomic mass is 9.93. The standard InChI is InChI=1S/C19H22ClFN2S2/c1-13(18-8-5-11-25-18)23(15-6-3-2-4-7-15)19(24)22-14-9-10-17(21)16(20)12-14/h5,8-13,15H,2-4,6-7H2,1H3,(H,22,24)/t13-/m1/s1. The smallest absolute Gasteiger partial charge is 0.174 e. The highest BCUT2D eigenvalue weighted by Crippen LogP contribution is 2.33. The second-order valence-electron chi connectivity index (χ2n) is 6.45. The Morgan fingerprint density at radius 3 is 2.72 bits per heavy atom. The molecule has 2 aromatic rings. The van der Waals surface area contributed by atoms with Crippen LogP contribution >= 0.6 is 35.2 Å². The molecule has 6 heteroatoms. The van der Waals surface area contributed by atoms with Crippen molar-refractivity contribution in [1.82, 2.24) is 4.90 Å². The van der Waals surface area contributed by atoms with Crippen molar-refractivity contribution < 1.29 is 4.39 Å². The maximum atomic E-state index is 13.4. The summed E-state index contributed by atoms with van der Waals surface area (Å²) in [6, 6.07) is 9.48. The van der Waals surface area contributed by atoms with Gasteiger partial charge >= 0.3 is 0 Å². The average Bonchev–Trinajstić information content (AvgIpc) is 3.14. The van der Waals surface area contributed by atoms with E-state index in [4.69, 9.17) is 23.8 Å². The van der Waals surface area contributed by atoms with Gasteiger partial charge in [0.2, 0.25) is 0 Å². The molecule has 25 heavy (non-hydrogen) atoms. The summed E-state index contributed by atoms with van der Waals surface area (Å²) in [5.74, 6) is -0.422. The molecule has 1 aromatic carbocycles.